The van der Waals surface area contributed by atoms with Crippen molar-refractivity contribution in [3.63, 3.8) is 0 Å². The predicted molar refractivity (Wildman–Crippen MR) is 62.1 cm³/mol. The van der Waals surface area contributed by atoms with Crippen LogP contribution in [0.2, 0.25) is 0 Å². The van der Waals surface area contributed by atoms with Gasteiger partial charge in [-0.15, -0.1) is 0 Å². The molecule has 0 saturated heterocycles. The number of carbonyl (C=O) groups excluding carboxylic acids is 2. The fourth-order valence-electron chi connectivity index (χ4n) is 2.43. The van der Waals surface area contributed by atoms with E-state index in [0.717, 1.165) is 0 Å². The lowest BCUT2D eigenvalue weighted by Crippen LogP contribution is -2.48. The molecule has 1 aliphatic carbocycles. The summed E-state index contributed by atoms with van der Waals surface area (Å²) in [5.74, 6) is 0.111. The Morgan fingerprint density at radius 2 is 1.62 bits per heavy atom. The number of Topliss-reactive ketones (excluding diaryl/α,β-unsaturated/α-hetero) is 2. The largest absolute Gasteiger partial charge is 0.382 e. The van der Waals surface area contributed by atoms with Crippen molar-refractivity contribution >= 4 is 11.6 Å². The monoisotopic (exact) mass is 226 g/mol. The molecule has 0 aromatic carbocycles. The van der Waals surface area contributed by atoms with Crippen molar-refractivity contribution in [2.75, 3.05) is 0 Å². The van der Waals surface area contributed by atoms with Gasteiger partial charge in [-0.05, 0) is 32.6 Å². The highest BCUT2D eigenvalue weighted by atomic mass is 16.3. The quantitative estimate of drug-likeness (QED) is 0.784. The van der Waals surface area contributed by atoms with Crippen LogP contribution in [0.5, 0.6) is 0 Å². The van der Waals surface area contributed by atoms with Crippen LogP contribution in [0.15, 0.2) is 0 Å². The Morgan fingerprint density at radius 1 is 1.19 bits per heavy atom. The van der Waals surface area contributed by atoms with Crippen molar-refractivity contribution in [2.45, 2.75) is 59.0 Å². The molecule has 0 heterocycles. The third-order valence-corrected chi connectivity index (χ3v) is 3.49. The molecule has 0 radical (unpaired) electrons. The first-order valence-electron chi connectivity index (χ1n) is 5.94. The van der Waals surface area contributed by atoms with Gasteiger partial charge in [0, 0.05) is 11.3 Å². The molecule has 0 spiro atoms. The van der Waals surface area contributed by atoms with Crippen molar-refractivity contribution in [3.8, 4) is 0 Å². The van der Waals surface area contributed by atoms with E-state index >= 15 is 0 Å². The highest BCUT2D eigenvalue weighted by molar-refractivity contribution is 5.91. The van der Waals surface area contributed by atoms with Crippen LogP contribution >= 0.6 is 0 Å². The predicted octanol–water partition coefficient (Wildman–Crippen LogP) is 2.11. The molecule has 0 aromatic heterocycles. The maximum absolute atomic E-state index is 12.1. The number of aliphatic hydroxyl groups is 1. The Hall–Kier alpha value is -0.700. The van der Waals surface area contributed by atoms with Gasteiger partial charge < -0.3 is 5.11 Å². The summed E-state index contributed by atoms with van der Waals surface area (Å²) in [5, 5.41) is 10.3. The molecule has 3 heteroatoms. The summed E-state index contributed by atoms with van der Waals surface area (Å²) < 4.78 is 0. The second-order valence-electron chi connectivity index (χ2n) is 6.00. The van der Waals surface area contributed by atoms with Crippen molar-refractivity contribution in [1.29, 1.82) is 0 Å². The van der Waals surface area contributed by atoms with Crippen molar-refractivity contribution in [1.82, 2.24) is 0 Å². The van der Waals surface area contributed by atoms with Gasteiger partial charge in [0.2, 0.25) is 0 Å². The molecule has 92 valence electrons. The molecule has 0 amide bonds. The Bertz CT molecular complexity index is 291. The standard InChI is InChI=1S/C13H22O3/c1-9(14)10-5-7-13(16,8-6-10)11(15)12(2,3)4/h10,16H,5-8H2,1-4H3. The number of hydrogen-bond donors (Lipinski definition) is 1. The van der Waals surface area contributed by atoms with Gasteiger partial charge in [0.15, 0.2) is 5.78 Å². The van der Waals surface area contributed by atoms with Crippen LogP contribution in [-0.4, -0.2) is 22.3 Å². The molecule has 3 nitrogen and oxygen atoms in total. The summed E-state index contributed by atoms with van der Waals surface area (Å²) in [6, 6.07) is 0. The summed E-state index contributed by atoms with van der Waals surface area (Å²) in [7, 11) is 0. The van der Waals surface area contributed by atoms with Gasteiger partial charge in [-0.3, -0.25) is 9.59 Å². The van der Waals surface area contributed by atoms with Gasteiger partial charge in [-0.25, -0.2) is 0 Å². The molecule has 0 unspecified atom stereocenters. The Labute approximate surface area is 97.2 Å². The zero-order valence-corrected chi connectivity index (χ0v) is 10.7. The normalized spacial score (nSPS) is 31.2. The number of ketones is 2. The smallest absolute Gasteiger partial charge is 0.169 e. The number of rotatable bonds is 2. The van der Waals surface area contributed by atoms with Crippen LogP contribution in [0.25, 0.3) is 0 Å². The van der Waals surface area contributed by atoms with Gasteiger partial charge in [-0.2, -0.15) is 0 Å². The number of hydrogen-bond acceptors (Lipinski definition) is 3. The minimum absolute atomic E-state index is 0.0352. The Kier molecular flexibility index (Phi) is 3.58. The van der Waals surface area contributed by atoms with Gasteiger partial charge in [0.1, 0.15) is 11.4 Å². The zero-order chi connectivity index (χ0) is 12.6. The molecular weight excluding hydrogens is 204 g/mol. The lowest BCUT2D eigenvalue weighted by atomic mass is 9.70. The van der Waals surface area contributed by atoms with Crippen LogP contribution in [0, 0.1) is 11.3 Å². The summed E-state index contributed by atoms with van der Waals surface area (Å²) in [4.78, 5) is 23.3. The van der Waals surface area contributed by atoms with Crippen LogP contribution in [0.1, 0.15) is 53.4 Å². The summed E-state index contributed by atoms with van der Waals surface area (Å²) in [6.45, 7) is 7.06. The molecular formula is C13H22O3. The van der Waals surface area contributed by atoms with E-state index in [0.29, 0.717) is 25.7 Å². The topological polar surface area (TPSA) is 54.4 Å². The Balaban J connectivity index is 2.70. The molecule has 0 aliphatic heterocycles. The molecule has 1 saturated carbocycles. The molecule has 1 aliphatic rings. The van der Waals surface area contributed by atoms with Crippen molar-refractivity contribution in [3.05, 3.63) is 0 Å². The average Bonchev–Trinajstić information content (AvgIpc) is 2.16. The SMILES string of the molecule is CC(=O)C1CCC(O)(C(=O)C(C)(C)C)CC1. The fraction of sp³-hybridized carbons (Fsp3) is 0.846. The summed E-state index contributed by atoms with van der Waals surface area (Å²) in [5.41, 5.74) is -1.72. The van der Waals surface area contributed by atoms with Crippen LogP contribution in [0.3, 0.4) is 0 Å². The molecule has 1 fully saturated rings. The maximum atomic E-state index is 12.1. The highest BCUT2D eigenvalue weighted by Gasteiger charge is 2.44. The van der Waals surface area contributed by atoms with Crippen LogP contribution < -0.4 is 0 Å². The first-order valence-corrected chi connectivity index (χ1v) is 5.94. The molecule has 16 heavy (non-hydrogen) atoms. The average molecular weight is 226 g/mol. The summed E-state index contributed by atoms with van der Waals surface area (Å²) in [6.07, 6.45) is 2.11. The minimum atomic E-state index is -1.20. The van der Waals surface area contributed by atoms with Gasteiger partial charge >= 0.3 is 0 Å². The molecule has 1 rings (SSSR count). The first kappa shape index (κ1) is 13.4. The van der Waals surface area contributed by atoms with E-state index in [4.69, 9.17) is 0 Å². The fourth-order valence-corrected chi connectivity index (χ4v) is 2.43. The Morgan fingerprint density at radius 3 is 1.94 bits per heavy atom. The second-order valence-corrected chi connectivity index (χ2v) is 6.00. The van der Waals surface area contributed by atoms with Crippen LogP contribution in [0.4, 0.5) is 0 Å². The van der Waals surface area contributed by atoms with E-state index in [9.17, 15) is 14.7 Å². The third-order valence-electron chi connectivity index (χ3n) is 3.49. The maximum Gasteiger partial charge on any atom is 0.169 e. The van der Waals surface area contributed by atoms with E-state index in [-0.39, 0.29) is 17.5 Å². The van der Waals surface area contributed by atoms with Crippen molar-refractivity contribution < 1.29 is 14.7 Å². The van der Waals surface area contributed by atoms with E-state index < -0.39 is 11.0 Å². The third kappa shape index (κ3) is 2.70. The zero-order valence-electron chi connectivity index (χ0n) is 10.7. The molecule has 0 atom stereocenters. The lowest BCUT2D eigenvalue weighted by Gasteiger charge is -2.37. The molecule has 1 N–H and O–H groups in total. The molecule has 0 aromatic rings. The van der Waals surface area contributed by atoms with E-state index in [1.165, 1.54) is 0 Å². The second kappa shape index (κ2) is 4.28. The van der Waals surface area contributed by atoms with E-state index in [1.54, 1.807) is 6.92 Å². The summed E-state index contributed by atoms with van der Waals surface area (Å²) >= 11 is 0. The minimum Gasteiger partial charge on any atom is -0.382 e. The van der Waals surface area contributed by atoms with Gasteiger partial charge in [0.25, 0.3) is 0 Å². The van der Waals surface area contributed by atoms with E-state index in [1.807, 2.05) is 20.8 Å². The van der Waals surface area contributed by atoms with Gasteiger partial charge in [0.05, 0.1) is 0 Å². The highest BCUT2D eigenvalue weighted by Crippen LogP contribution is 2.37. The first-order chi connectivity index (χ1) is 7.17. The van der Waals surface area contributed by atoms with Gasteiger partial charge in [-0.1, -0.05) is 20.8 Å². The molecule has 0 bridgehead atoms. The van der Waals surface area contributed by atoms with E-state index in [2.05, 4.69) is 0 Å². The number of carbonyl (C=O) groups is 2. The van der Waals surface area contributed by atoms with Crippen molar-refractivity contribution in [2.24, 2.45) is 11.3 Å². The lowest BCUT2D eigenvalue weighted by molar-refractivity contribution is -0.151. The van der Waals surface area contributed by atoms with Crippen LogP contribution in [-0.2, 0) is 9.59 Å².